The van der Waals surface area contributed by atoms with Gasteiger partial charge in [-0.2, -0.15) is 4.80 Å². The zero-order valence-electron chi connectivity index (χ0n) is 15.6. The highest BCUT2D eigenvalue weighted by Gasteiger charge is 2.41. The van der Waals surface area contributed by atoms with E-state index in [0.717, 1.165) is 35.4 Å². The molecular formula is C18H14F6N4O3. The van der Waals surface area contributed by atoms with Crippen LogP contribution in [0.1, 0.15) is 24.1 Å². The molecule has 1 atom stereocenters. The van der Waals surface area contributed by atoms with Gasteiger partial charge in [0.15, 0.2) is 6.33 Å². The van der Waals surface area contributed by atoms with Gasteiger partial charge in [-0.3, -0.25) is 0 Å². The Bertz CT molecular complexity index is 930. The van der Waals surface area contributed by atoms with E-state index >= 15 is 0 Å². The lowest BCUT2D eigenvalue weighted by molar-refractivity contribution is -0.275. The second-order valence-electron chi connectivity index (χ2n) is 6.34. The predicted molar refractivity (Wildman–Crippen MR) is 91.8 cm³/mol. The second-order valence-corrected chi connectivity index (χ2v) is 6.34. The number of halogens is 6. The molecule has 166 valence electrons. The fourth-order valence-corrected chi connectivity index (χ4v) is 2.99. The predicted octanol–water partition coefficient (Wildman–Crippen LogP) is 3.97. The minimum Gasteiger partial charge on any atom is -0.406 e. The maximum absolute atomic E-state index is 12.4. The summed E-state index contributed by atoms with van der Waals surface area (Å²) < 4.78 is 82.2. The third-order valence-electron chi connectivity index (χ3n) is 4.37. The summed E-state index contributed by atoms with van der Waals surface area (Å²) in [4.78, 5) is 1.06. The van der Waals surface area contributed by atoms with Gasteiger partial charge in [0.25, 0.3) is 0 Å². The Balaban J connectivity index is 2.02. The standard InChI is InChI=1S/C18H14F6N4O3/c1-11(28-26-10-25-27-28)16(29,12-2-6-14(7-3-12)30-17(19,20)21)13-4-8-15(9-5-13)31-18(22,23)24/h2-11,29H,1H3. The first-order valence-corrected chi connectivity index (χ1v) is 8.56. The van der Waals surface area contributed by atoms with Crippen LogP contribution in [0.4, 0.5) is 26.3 Å². The van der Waals surface area contributed by atoms with Gasteiger partial charge in [-0.1, -0.05) is 24.3 Å². The topological polar surface area (TPSA) is 82.3 Å². The number of aliphatic hydroxyl groups is 1. The first kappa shape index (κ1) is 22.3. The third kappa shape index (κ3) is 5.23. The summed E-state index contributed by atoms with van der Waals surface area (Å²) in [7, 11) is 0. The van der Waals surface area contributed by atoms with Crippen molar-refractivity contribution in [3.63, 3.8) is 0 Å². The van der Waals surface area contributed by atoms with Crippen molar-refractivity contribution < 1.29 is 40.9 Å². The third-order valence-corrected chi connectivity index (χ3v) is 4.37. The molecule has 1 heterocycles. The van der Waals surface area contributed by atoms with Crippen LogP contribution >= 0.6 is 0 Å². The molecule has 0 aliphatic carbocycles. The molecule has 1 unspecified atom stereocenters. The molecule has 0 radical (unpaired) electrons. The number of aromatic nitrogens is 4. The van der Waals surface area contributed by atoms with Gasteiger partial charge < -0.3 is 14.6 Å². The van der Waals surface area contributed by atoms with Crippen molar-refractivity contribution in [2.75, 3.05) is 0 Å². The van der Waals surface area contributed by atoms with E-state index in [-0.39, 0.29) is 11.1 Å². The zero-order chi connectivity index (χ0) is 22.9. The van der Waals surface area contributed by atoms with Crippen LogP contribution in [-0.2, 0) is 5.60 Å². The zero-order valence-corrected chi connectivity index (χ0v) is 15.6. The van der Waals surface area contributed by atoms with Gasteiger partial charge >= 0.3 is 12.7 Å². The molecular weight excluding hydrogens is 434 g/mol. The Hall–Kier alpha value is -3.35. The van der Waals surface area contributed by atoms with Crippen LogP contribution in [0.25, 0.3) is 0 Å². The number of benzene rings is 2. The molecule has 0 fully saturated rings. The maximum Gasteiger partial charge on any atom is 0.573 e. The maximum atomic E-state index is 12.4. The van der Waals surface area contributed by atoms with Gasteiger partial charge in [0, 0.05) is 0 Å². The van der Waals surface area contributed by atoms with Crippen molar-refractivity contribution in [1.29, 1.82) is 0 Å². The van der Waals surface area contributed by atoms with E-state index in [1.54, 1.807) is 0 Å². The lowest BCUT2D eigenvalue weighted by Crippen LogP contribution is -2.37. The molecule has 0 spiro atoms. The summed E-state index contributed by atoms with van der Waals surface area (Å²) in [5.74, 6) is -1.03. The Labute approximate surface area is 170 Å². The number of hydrogen-bond donors (Lipinski definition) is 1. The molecule has 1 aromatic heterocycles. The number of nitrogens with zero attached hydrogens (tertiary/aromatic N) is 4. The van der Waals surface area contributed by atoms with E-state index in [1.165, 1.54) is 31.2 Å². The highest BCUT2D eigenvalue weighted by Crippen LogP contribution is 2.40. The van der Waals surface area contributed by atoms with Crippen LogP contribution in [0.2, 0.25) is 0 Å². The van der Waals surface area contributed by atoms with Crippen LogP contribution in [0.3, 0.4) is 0 Å². The molecule has 0 saturated carbocycles. The van der Waals surface area contributed by atoms with Crippen LogP contribution in [-0.4, -0.2) is 38.0 Å². The molecule has 3 aromatic rings. The Morgan fingerprint density at radius 3 is 1.55 bits per heavy atom. The summed E-state index contributed by atoms with van der Waals surface area (Å²) >= 11 is 0. The fraction of sp³-hybridized carbons (Fsp3) is 0.278. The molecule has 0 aliphatic rings. The van der Waals surface area contributed by atoms with Gasteiger partial charge in [0.2, 0.25) is 0 Å². The molecule has 1 N–H and O–H groups in total. The Morgan fingerprint density at radius 2 is 1.23 bits per heavy atom. The lowest BCUT2D eigenvalue weighted by atomic mass is 9.81. The molecule has 0 amide bonds. The smallest absolute Gasteiger partial charge is 0.406 e. The molecule has 2 aromatic carbocycles. The fourth-order valence-electron chi connectivity index (χ4n) is 2.99. The van der Waals surface area contributed by atoms with E-state index < -0.39 is 35.9 Å². The Morgan fingerprint density at radius 1 is 0.806 bits per heavy atom. The number of ether oxygens (including phenoxy) is 2. The van der Waals surface area contributed by atoms with Crippen LogP contribution in [0.5, 0.6) is 11.5 Å². The minimum absolute atomic E-state index is 0.108. The van der Waals surface area contributed by atoms with Gasteiger partial charge in [-0.25, -0.2) is 0 Å². The van der Waals surface area contributed by atoms with Crippen molar-refractivity contribution in [1.82, 2.24) is 20.2 Å². The SMILES string of the molecule is CC(n1ncnn1)C(O)(c1ccc(OC(F)(F)F)cc1)c1ccc(OC(F)(F)F)cc1. The highest BCUT2D eigenvalue weighted by molar-refractivity contribution is 5.42. The van der Waals surface area contributed by atoms with Crippen LogP contribution in [0.15, 0.2) is 54.9 Å². The summed E-state index contributed by atoms with van der Waals surface area (Å²) in [5, 5.41) is 22.7. The summed E-state index contributed by atoms with van der Waals surface area (Å²) in [6.07, 6.45) is -8.69. The van der Waals surface area contributed by atoms with E-state index in [9.17, 15) is 31.4 Å². The first-order valence-electron chi connectivity index (χ1n) is 8.56. The molecule has 13 heteroatoms. The van der Waals surface area contributed by atoms with Gasteiger partial charge in [0.1, 0.15) is 23.1 Å². The minimum atomic E-state index is -4.90. The quantitative estimate of drug-likeness (QED) is 0.575. The normalized spacial score (nSPS) is 13.7. The molecule has 0 bridgehead atoms. The van der Waals surface area contributed by atoms with Crippen molar-refractivity contribution >= 4 is 0 Å². The largest absolute Gasteiger partial charge is 0.573 e. The van der Waals surface area contributed by atoms with Crippen LogP contribution < -0.4 is 9.47 Å². The van der Waals surface area contributed by atoms with Gasteiger partial charge in [-0.05, 0) is 47.5 Å². The monoisotopic (exact) mass is 448 g/mol. The summed E-state index contributed by atoms with van der Waals surface area (Å²) in [6, 6.07) is 7.78. The summed E-state index contributed by atoms with van der Waals surface area (Å²) in [5.41, 5.74) is -1.75. The molecule has 31 heavy (non-hydrogen) atoms. The van der Waals surface area contributed by atoms with Crippen molar-refractivity contribution in [2.45, 2.75) is 31.3 Å². The van der Waals surface area contributed by atoms with Crippen molar-refractivity contribution in [3.05, 3.63) is 66.0 Å². The van der Waals surface area contributed by atoms with E-state index in [2.05, 4.69) is 24.9 Å². The van der Waals surface area contributed by atoms with E-state index in [1.807, 2.05) is 0 Å². The van der Waals surface area contributed by atoms with E-state index in [4.69, 9.17) is 0 Å². The van der Waals surface area contributed by atoms with E-state index in [0.29, 0.717) is 0 Å². The summed E-state index contributed by atoms with van der Waals surface area (Å²) in [6.45, 7) is 1.50. The second kappa shape index (κ2) is 8.06. The molecule has 3 rings (SSSR count). The molecule has 7 nitrogen and oxygen atoms in total. The average molecular weight is 448 g/mol. The molecule has 0 aliphatic heterocycles. The van der Waals surface area contributed by atoms with Crippen molar-refractivity contribution in [3.8, 4) is 11.5 Å². The number of rotatable bonds is 6. The number of alkyl halides is 6. The highest BCUT2D eigenvalue weighted by atomic mass is 19.4. The van der Waals surface area contributed by atoms with Gasteiger partial charge in [0.05, 0.1) is 0 Å². The Kier molecular flexibility index (Phi) is 5.81. The lowest BCUT2D eigenvalue weighted by Gasteiger charge is -2.34. The number of tetrazole rings is 1. The van der Waals surface area contributed by atoms with Crippen LogP contribution in [0, 0.1) is 0 Å². The van der Waals surface area contributed by atoms with Crippen molar-refractivity contribution in [2.24, 2.45) is 0 Å². The first-order chi connectivity index (χ1) is 14.4. The van der Waals surface area contributed by atoms with Gasteiger partial charge in [-0.15, -0.1) is 36.5 Å². The molecule has 0 saturated heterocycles. The average Bonchev–Trinajstić information content (AvgIpc) is 3.20. The number of hydrogen-bond acceptors (Lipinski definition) is 6.